The molecule has 0 radical (unpaired) electrons. The highest BCUT2D eigenvalue weighted by Gasteiger charge is 2.24. The average Bonchev–Trinajstić information content (AvgIpc) is 2.86. The van der Waals surface area contributed by atoms with Crippen molar-refractivity contribution in [2.45, 2.75) is 6.42 Å². The summed E-state index contributed by atoms with van der Waals surface area (Å²) >= 11 is -2.05. The molecule has 0 aliphatic carbocycles. The van der Waals surface area contributed by atoms with Gasteiger partial charge in [-0.15, -0.1) is 0 Å². The lowest BCUT2D eigenvalue weighted by atomic mass is 10.1. The molecular weight excluding hydrogens is 278 g/mol. The van der Waals surface area contributed by atoms with Crippen LogP contribution in [0.25, 0.3) is 0 Å². The van der Waals surface area contributed by atoms with Gasteiger partial charge in [-0.1, -0.05) is 0 Å². The fraction of sp³-hybridized carbons (Fsp3) is 0.538. The van der Waals surface area contributed by atoms with Crippen molar-refractivity contribution in [2.24, 2.45) is 0 Å². The van der Waals surface area contributed by atoms with Gasteiger partial charge in [0.1, 0.15) is 5.75 Å². The molecule has 2 aliphatic heterocycles. The molecule has 0 bridgehead atoms. The van der Waals surface area contributed by atoms with Gasteiger partial charge in [0.15, 0.2) is 0 Å². The highest BCUT2D eigenvalue weighted by molar-refractivity contribution is 7.80. The maximum atomic E-state index is 10.9. The Morgan fingerprint density at radius 2 is 2.05 bits per heavy atom. The largest absolute Gasteiger partial charge is 0.491 e. The van der Waals surface area contributed by atoms with Crippen LogP contribution in [-0.4, -0.2) is 53.5 Å². The Balaban J connectivity index is 1.92. The number of piperazine rings is 1. The van der Waals surface area contributed by atoms with Gasteiger partial charge in [-0.25, -0.2) is 4.21 Å². The van der Waals surface area contributed by atoms with Crippen LogP contribution in [0.15, 0.2) is 12.1 Å². The van der Waals surface area contributed by atoms with Gasteiger partial charge in [0.2, 0.25) is 0 Å². The molecule has 1 atom stereocenters. The van der Waals surface area contributed by atoms with Crippen LogP contribution in [0.5, 0.6) is 5.75 Å². The van der Waals surface area contributed by atoms with Crippen molar-refractivity contribution >= 4 is 22.6 Å². The van der Waals surface area contributed by atoms with Gasteiger partial charge in [-0.05, 0) is 19.2 Å². The average molecular weight is 297 g/mol. The number of hydrogen-bond donors (Lipinski definition) is 2. The van der Waals surface area contributed by atoms with E-state index in [4.69, 9.17) is 9.29 Å². The number of benzene rings is 1. The summed E-state index contributed by atoms with van der Waals surface area (Å²) in [5.74, 6) is 0.934. The summed E-state index contributed by atoms with van der Waals surface area (Å²) in [6.07, 6.45) is 0.851. The maximum Gasteiger partial charge on any atom is 0.259 e. The lowest BCUT2D eigenvalue weighted by Gasteiger charge is -2.35. The SMILES string of the molecule is CN1CCN(c2cc(NS(=O)O)cc3c2OCC3)CC1. The predicted octanol–water partition coefficient (Wildman–Crippen LogP) is 0.922. The summed E-state index contributed by atoms with van der Waals surface area (Å²) < 4.78 is 28.3. The zero-order valence-corrected chi connectivity index (χ0v) is 12.3. The Hall–Kier alpha value is -1.31. The quantitative estimate of drug-likeness (QED) is 0.812. The van der Waals surface area contributed by atoms with Crippen molar-refractivity contribution < 1.29 is 13.5 Å². The van der Waals surface area contributed by atoms with Crippen molar-refractivity contribution in [3.8, 4) is 5.75 Å². The molecule has 2 aliphatic rings. The van der Waals surface area contributed by atoms with E-state index in [1.165, 1.54) is 0 Å². The van der Waals surface area contributed by atoms with E-state index in [0.717, 1.165) is 49.6 Å². The van der Waals surface area contributed by atoms with Gasteiger partial charge < -0.3 is 14.5 Å². The van der Waals surface area contributed by atoms with Crippen molar-refractivity contribution in [2.75, 3.05) is 49.5 Å². The van der Waals surface area contributed by atoms with Gasteiger partial charge in [0.05, 0.1) is 18.0 Å². The second-order valence-corrected chi connectivity index (χ2v) is 5.93. The molecule has 1 saturated heterocycles. The van der Waals surface area contributed by atoms with E-state index in [1.54, 1.807) is 0 Å². The fourth-order valence-corrected chi connectivity index (χ4v) is 3.05. The number of ether oxygens (including phenoxy) is 1. The van der Waals surface area contributed by atoms with Crippen LogP contribution in [0.2, 0.25) is 0 Å². The zero-order chi connectivity index (χ0) is 14.1. The third-order valence-electron chi connectivity index (χ3n) is 3.81. The van der Waals surface area contributed by atoms with Gasteiger partial charge in [0.25, 0.3) is 11.3 Å². The van der Waals surface area contributed by atoms with Crippen molar-refractivity contribution in [3.63, 3.8) is 0 Å². The third-order valence-corrected chi connectivity index (χ3v) is 4.22. The smallest absolute Gasteiger partial charge is 0.259 e. The fourth-order valence-electron chi connectivity index (χ4n) is 2.73. The lowest BCUT2D eigenvalue weighted by molar-refractivity contribution is 0.309. The topological polar surface area (TPSA) is 65.0 Å². The Morgan fingerprint density at radius 3 is 2.75 bits per heavy atom. The third kappa shape index (κ3) is 2.74. The maximum absolute atomic E-state index is 10.9. The Bertz CT molecular complexity index is 530. The first-order valence-electron chi connectivity index (χ1n) is 6.74. The first kappa shape index (κ1) is 13.7. The van der Waals surface area contributed by atoms with Crippen LogP contribution in [0.1, 0.15) is 5.56 Å². The second-order valence-electron chi connectivity index (χ2n) is 5.22. The number of likely N-dealkylation sites (N-methyl/N-ethyl adjacent to an activating group) is 1. The molecule has 7 heteroatoms. The molecule has 2 N–H and O–H groups in total. The highest BCUT2D eigenvalue weighted by Crippen LogP contribution is 2.39. The van der Waals surface area contributed by atoms with Gasteiger partial charge in [-0.3, -0.25) is 9.27 Å². The summed E-state index contributed by atoms with van der Waals surface area (Å²) in [6, 6.07) is 3.81. The summed E-state index contributed by atoms with van der Waals surface area (Å²) in [6.45, 7) is 4.59. The van der Waals surface area contributed by atoms with Crippen molar-refractivity contribution in [3.05, 3.63) is 17.7 Å². The molecule has 1 fully saturated rings. The summed E-state index contributed by atoms with van der Waals surface area (Å²) in [4.78, 5) is 4.58. The van der Waals surface area contributed by atoms with E-state index < -0.39 is 11.3 Å². The van der Waals surface area contributed by atoms with Gasteiger partial charge in [0, 0.05) is 38.2 Å². The molecule has 1 unspecified atom stereocenters. The first-order chi connectivity index (χ1) is 9.63. The minimum absolute atomic E-state index is 0.670. The van der Waals surface area contributed by atoms with E-state index in [9.17, 15) is 4.21 Å². The molecule has 1 aromatic carbocycles. The Kier molecular flexibility index (Phi) is 3.82. The monoisotopic (exact) mass is 297 g/mol. The minimum atomic E-state index is -2.05. The van der Waals surface area contributed by atoms with E-state index >= 15 is 0 Å². The van der Waals surface area contributed by atoms with E-state index in [1.807, 2.05) is 12.1 Å². The Labute approximate surface area is 121 Å². The molecule has 110 valence electrons. The normalized spacial score (nSPS) is 20.4. The lowest BCUT2D eigenvalue weighted by Crippen LogP contribution is -2.44. The Morgan fingerprint density at radius 1 is 1.30 bits per heavy atom. The van der Waals surface area contributed by atoms with E-state index in [0.29, 0.717) is 12.3 Å². The number of rotatable bonds is 3. The summed E-state index contributed by atoms with van der Waals surface area (Å²) in [5.41, 5.74) is 2.81. The molecule has 0 aromatic heterocycles. The van der Waals surface area contributed by atoms with Gasteiger partial charge in [-0.2, -0.15) is 0 Å². The van der Waals surface area contributed by atoms with Crippen LogP contribution >= 0.6 is 0 Å². The number of nitrogens with one attached hydrogen (secondary N) is 1. The molecule has 20 heavy (non-hydrogen) atoms. The molecule has 0 spiro atoms. The molecule has 2 heterocycles. The van der Waals surface area contributed by atoms with Crippen LogP contribution in [-0.2, 0) is 17.7 Å². The van der Waals surface area contributed by atoms with E-state index in [-0.39, 0.29) is 0 Å². The minimum Gasteiger partial charge on any atom is -0.491 e. The second kappa shape index (κ2) is 5.59. The summed E-state index contributed by atoms with van der Waals surface area (Å²) in [5, 5.41) is 0. The van der Waals surface area contributed by atoms with Gasteiger partial charge >= 0.3 is 0 Å². The van der Waals surface area contributed by atoms with Crippen LogP contribution in [0, 0.1) is 0 Å². The highest BCUT2D eigenvalue weighted by atomic mass is 32.2. The molecule has 1 aromatic rings. The first-order valence-corrected chi connectivity index (χ1v) is 7.85. The molecule has 0 saturated carbocycles. The molecule has 6 nitrogen and oxygen atoms in total. The molecule has 0 amide bonds. The molecular formula is C13H19N3O3S. The number of hydrogen-bond acceptors (Lipinski definition) is 4. The van der Waals surface area contributed by atoms with Crippen molar-refractivity contribution in [1.29, 1.82) is 0 Å². The standard InChI is InChI=1S/C13H19N3O3S/c1-15-3-5-16(6-4-15)12-9-11(14-20(17)18)8-10-2-7-19-13(10)12/h8-9,14H,2-7H2,1H3,(H,17,18). The van der Waals surface area contributed by atoms with Crippen molar-refractivity contribution in [1.82, 2.24) is 4.90 Å². The molecule has 3 rings (SSSR count). The van der Waals surface area contributed by atoms with E-state index in [2.05, 4.69) is 21.6 Å². The number of anilines is 2. The number of nitrogens with zero attached hydrogens (tertiary/aromatic N) is 2. The van der Waals surface area contributed by atoms with Crippen LogP contribution in [0.3, 0.4) is 0 Å². The predicted molar refractivity (Wildman–Crippen MR) is 79.7 cm³/mol. The number of fused-ring (bicyclic) bond motifs is 1. The summed E-state index contributed by atoms with van der Waals surface area (Å²) in [7, 11) is 2.12. The van der Waals surface area contributed by atoms with Crippen LogP contribution < -0.4 is 14.4 Å². The zero-order valence-electron chi connectivity index (χ0n) is 11.5. The van der Waals surface area contributed by atoms with Crippen LogP contribution in [0.4, 0.5) is 11.4 Å².